The third kappa shape index (κ3) is 3.35. The predicted molar refractivity (Wildman–Crippen MR) is 103 cm³/mol. The van der Waals surface area contributed by atoms with Crippen molar-refractivity contribution in [3.8, 4) is 0 Å². The van der Waals surface area contributed by atoms with Gasteiger partial charge >= 0.3 is 0 Å². The summed E-state index contributed by atoms with van der Waals surface area (Å²) in [7, 11) is 0. The maximum absolute atomic E-state index is 5.91. The standard InChI is InChI=1S/C20H23N5O2/c1-2-4-18-16(3-1)23-20(27-18)25-9-7-24(8-10-25)19-13-17(21-14-22-19)15-5-11-26-12-6-15/h1-4,13-15H,5-12H2. The fourth-order valence-electron chi connectivity index (χ4n) is 3.87. The highest BCUT2D eigenvalue weighted by molar-refractivity contribution is 5.74. The fourth-order valence-corrected chi connectivity index (χ4v) is 3.87. The van der Waals surface area contributed by atoms with Crippen molar-refractivity contribution in [3.63, 3.8) is 0 Å². The number of hydrogen-bond donors (Lipinski definition) is 0. The van der Waals surface area contributed by atoms with Gasteiger partial charge in [0, 0.05) is 57.1 Å². The van der Waals surface area contributed by atoms with E-state index in [1.54, 1.807) is 6.33 Å². The van der Waals surface area contributed by atoms with Gasteiger partial charge < -0.3 is 19.0 Å². The van der Waals surface area contributed by atoms with Crippen LogP contribution >= 0.6 is 0 Å². The molecule has 2 saturated heterocycles. The van der Waals surface area contributed by atoms with Gasteiger partial charge in [-0.3, -0.25) is 0 Å². The first kappa shape index (κ1) is 16.5. The summed E-state index contributed by atoms with van der Waals surface area (Å²) in [5, 5.41) is 0. The molecule has 2 aliphatic rings. The highest BCUT2D eigenvalue weighted by Gasteiger charge is 2.23. The molecule has 0 atom stereocenters. The molecule has 3 aromatic rings. The highest BCUT2D eigenvalue weighted by Crippen LogP contribution is 2.28. The van der Waals surface area contributed by atoms with Gasteiger partial charge in [-0.05, 0) is 25.0 Å². The largest absolute Gasteiger partial charge is 0.423 e. The molecule has 0 amide bonds. The average molecular weight is 365 g/mol. The van der Waals surface area contributed by atoms with E-state index in [4.69, 9.17) is 9.15 Å². The van der Waals surface area contributed by atoms with Crippen LogP contribution in [-0.4, -0.2) is 54.3 Å². The zero-order valence-electron chi connectivity index (χ0n) is 15.3. The smallest absolute Gasteiger partial charge is 0.298 e. The van der Waals surface area contributed by atoms with E-state index in [0.717, 1.165) is 74.8 Å². The minimum Gasteiger partial charge on any atom is -0.423 e. The summed E-state index contributed by atoms with van der Waals surface area (Å²) in [6.07, 6.45) is 3.79. The number of fused-ring (bicyclic) bond motifs is 1. The van der Waals surface area contributed by atoms with Gasteiger partial charge in [0.15, 0.2) is 5.58 Å². The van der Waals surface area contributed by atoms with E-state index >= 15 is 0 Å². The van der Waals surface area contributed by atoms with Gasteiger partial charge in [-0.25, -0.2) is 9.97 Å². The summed E-state index contributed by atoms with van der Waals surface area (Å²) in [5.74, 6) is 1.50. The minimum atomic E-state index is 0.488. The lowest BCUT2D eigenvalue weighted by Crippen LogP contribution is -2.47. The molecular formula is C20H23N5O2. The van der Waals surface area contributed by atoms with E-state index in [-0.39, 0.29) is 0 Å². The Kier molecular flexibility index (Phi) is 4.37. The van der Waals surface area contributed by atoms with Crippen LogP contribution in [0.1, 0.15) is 24.5 Å². The van der Waals surface area contributed by atoms with E-state index in [9.17, 15) is 0 Å². The maximum atomic E-state index is 5.91. The second kappa shape index (κ2) is 7.15. The van der Waals surface area contributed by atoms with E-state index in [1.807, 2.05) is 24.3 Å². The Balaban J connectivity index is 1.27. The molecule has 2 fully saturated rings. The summed E-state index contributed by atoms with van der Waals surface area (Å²) in [4.78, 5) is 18.2. The quantitative estimate of drug-likeness (QED) is 0.707. The Morgan fingerprint density at radius 1 is 0.926 bits per heavy atom. The molecule has 2 aromatic heterocycles. The molecule has 0 N–H and O–H groups in total. The van der Waals surface area contributed by atoms with Crippen LogP contribution in [0.4, 0.5) is 11.8 Å². The van der Waals surface area contributed by atoms with Crippen LogP contribution in [0.2, 0.25) is 0 Å². The van der Waals surface area contributed by atoms with Gasteiger partial charge in [0.1, 0.15) is 17.7 Å². The number of oxazole rings is 1. The van der Waals surface area contributed by atoms with Crippen LogP contribution in [-0.2, 0) is 4.74 Å². The van der Waals surface area contributed by atoms with Crippen molar-refractivity contribution in [1.82, 2.24) is 15.0 Å². The SMILES string of the molecule is c1ccc2oc(N3CCN(c4cc(C5CCOCC5)ncn4)CC3)nc2c1. The van der Waals surface area contributed by atoms with E-state index < -0.39 is 0 Å². The summed E-state index contributed by atoms with van der Waals surface area (Å²) < 4.78 is 11.4. The molecule has 27 heavy (non-hydrogen) atoms. The third-order valence-electron chi connectivity index (χ3n) is 5.47. The topological polar surface area (TPSA) is 67.5 Å². The minimum absolute atomic E-state index is 0.488. The summed E-state index contributed by atoms with van der Waals surface area (Å²) >= 11 is 0. The van der Waals surface area contributed by atoms with Gasteiger partial charge in [0.2, 0.25) is 0 Å². The zero-order valence-corrected chi connectivity index (χ0v) is 15.3. The molecule has 0 spiro atoms. The first-order chi connectivity index (χ1) is 13.4. The Morgan fingerprint density at radius 3 is 2.52 bits per heavy atom. The predicted octanol–water partition coefficient (Wildman–Crippen LogP) is 2.84. The van der Waals surface area contributed by atoms with Gasteiger partial charge in [-0.15, -0.1) is 0 Å². The lowest BCUT2D eigenvalue weighted by molar-refractivity contribution is 0.0845. The van der Waals surface area contributed by atoms with Crippen LogP contribution in [0.25, 0.3) is 11.1 Å². The lowest BCUT2D eigenvalue weighted by atomic mass is 9.96. The molecule has 5 rings (SSSR count). The molecule has 0 unspecified atom stereocenters. The van der Waals surface area contributed by atoms with Crippen LogP contribution in [0.5, 0.6) is 0 Å². The fraction of sp³-hybridized carbons (Fsp3) is 0.450. The molecule has 0 radical (unpaired) electrons. The van der Waals surface area contributed by atoms with Gasteiger partial charge in [-0.1, -0.05) is 12.1 Å². The maximum Gasteiger partial charge on any atom is 0.298 e. The van der Waals surface area contributed by atoms with Crippen LogP contribution in [0, 0.1) is 0 Å². The normalized spacial score (nSPS) is 19.0. The molecule has 140 valence electrons. The second-order valence-electron chi connectivity index (χ2n) is 7.13. The zero-order chi connectivity index (χ0) is 18.1. The summed E-state index contributed by atoms with van der Waals surface area (Å²) in [6.45, 7) is 5.17. The summed E-state index contributed by atoms with van der Waals surface area (Å²) in [6, 6.07) is 10.8. The lowest BCUT2D eigenvalue weighted by Gasteiger charge is -2.34. The van der Waals surface area contributed by atoms with Gasteiger partial charge in [-0.2, -0.15) is 4.98 Å². The Labute approximate surface area is 158 Å². The number of aromatic nitrogens is 3. The molecule has 7 nitrogen and oxygen atoms in total. The molecule has 7 heteroatoms. The number of rotatable bonds is 3. The Hall–Kier alpha value is -2.67. The van der Waals surface area contributed by atoms with Crippen LogP contribution in [0.15, 0.2) is 41.1 Å². The molecule has 4 heterocycles. The Bertz CT molecular complexity index is 880. The number of benzene rings is 1. The van der Waals surface area contributed by atoms with E-state index in [1.165, 1.54) is 0 Å². The van der Waals surface area contributed by atoms with Gasteiger partial charge in [0.25, 0.3) is 6.01 Å². The van der Waals surface area contributed by atoms with Gasteiger partial charge in [0.05, 0.1) is 0 Å². The monoisotopic (exact) mass is 365 g/mol. The Morgan fingerprint density at radius 2 is 1.70 bits per heavy atom. The van der Waals surface area contributed by atoms with Crippen molar-refractivity contribution in [2.45, 2.75) is 18.8 Å². The average Bonchev–Trinajstić information content (AvgIpc) is 3.19. The number of nitrogens with zero attached hydrogens (tertiary/aromatic N) is 5. The van der Waals surface area contributed by atoms with E-state index in [0.29, 0.717) is 11.9 Å². The summed E-state index contributed by atoms with van der Waals surface area (Å²) in [5.41, 5.74) is 2.89. The van der Waals surface area contributed by atoms with Crippen molar-refractivity contribution in [2.24, 2.45) is 0 Å². The first-order valence-corrected chi connectivity index (χ1v) is 9.62. The van der Waals surface area contributed by atoms with Crippen molar-refractivity contribution in [3.05, 3.63) is 42.4 Å². The first-order valence-electron chi connectivity index (χ1n) is 9.62. The van der Waals surface area contributed by atoms with E-state index in [2.05, 4.69) is 30.8 Å². The van der Waals surface area contributed by atoms with Crippen molar-refractivity contribution in [1.29, 1.82) is 0 Å². The molecule has 0 saturated carbocycles. The molecule has 0 bridgehead atoms. The number of ether oxygens (including phenoxy) is 1. The second-order valence-corrected chi connectivity index (χ2v) is 7.13. The number of piperazine rings is 1. The van der Waals surface area contributed by atoms with Crippen molar-refractivity contribution < 1.29 is 9.15 Å². The molecule has 2 aliphatic heterocycles. The van der Waals surface area contributed by atoms with Crippen molar-refractivity contribution >= 4 is 22.9 Å². The number of para-hydroxylation sites is 2. The third-order valence-corrected chi connectivity index (χ3v) is 5.47. The highest BCUT2D eigenvalue weighted by atomic mass is 16.5. The number of anilines is 2. The van der Waals surface area contributed by atoms with Crippen LogP contribution < -0.4 is 9.80 Å². The molecule has 0 aliphatic carbocycles. The number of hydrogen-bond acceptors (Lipinski definition) is 7. The van der Waals surface area contributed by atoms with Crippen molar-refractivity contribution in [2.75, 3.05) is 49.2 Å². The molecular weight excluding hydrogens is 342 g/mol. The molecule has 1 aromatic carbocycles. The van der Waals surface area contributed by atoms with Crippen LogP contribution in [0.3, 0.4) is 0 Å².